The van der Waals surface area contributed by atoms with E-state index in [1.54, 1.807) is 0 Å². The molecule has 0 amide bonds. The molecule has 102 valence electrons. The van der Waals surface area contributed by atoms with Crippen molar-refractivity contribution in [3.63, 3.8) is 0 Å². The van der Waals surface area contributed by atoms with E-state index in [0.29, 0.717) is 6.04 Å². The van der Waals surface area contributed by atoms with Crippen molar-refractivity contribution in [3.05, 3.63) is 18.0 Å². The summed E-state index contributed by atoms with van der Waals surface area (Å²) in [6.07, 6.45) is 8.23. The molecule has 1 aromatic heterocycles. The third kappa shape index (κ3) is 3.56. The molecule has 4 heteroatoms. The Kier molecular flexibility index (Phi) is 5.20. The number of nitrogens with zero attached hydrogens (tertiary/aromatic N) is 3. The lowest BCUT2D eigenvalue weighted by Gasteiger charge is -2.18. The highest BCUT2D eigenvalue weighted by molar-refractivity contribution is 5.00. The van der Waals surface area contributed by atoms with Gasteiger partial charge in [0.15, 0.2) is 0 Å². The Bertz CT molecular complexity index is 345. The molecule has 0 saturated heterocycles. The predicted octanol–water partition coefficient (Wildman–Crippen LogP) is 2.20. The van der Waals surface area contributed by atoms with Crippen molar-refractivity contribution < 1.29 is 5.11 Å². The lowest BCUT2D eigenvalue weighted by Crippen LogP contribution is -2.25. The number of aromatic nitrogens is 2. The Hall–Kier alpha value is -0.870. The van der Waals surface area contributed by atoms with Gasteiger partial charge in [-0.05, 0) is 31.9 Å². The summed E-state index contributed by atoms with van der Waals surface area (Å²) in [5.41, 5.74) is 1.15. The normalized spacial score (nSPS) is 16.8. The van der Waals surface area contributed by atoms with Gasteiger partial charge < -0.3 is 5.11 Å². The molecule has 1 aliphatic carbocycles. The molecule has 0 radical (unpaired) electrons. The van der Waals surface area contributed by atoms with Crippen LogP contribution >= 0.6 is 0 Å². The predicted molar refractivity (Wildman–Crippen MR) is 72.4 cm³/mol. The van der Waals surface area contributed by atoms with Gasteiger partial charge in [-0.25, -0.2) is 0 Å². The van der Waals surface area contributed by atoms with Crippen molar-refractivity contribution in [3.8, 4) is 0 Å². The minimum absolute atomic E-state index is 0.271. The van der Waals surface area contributed by atoms with Crippen LogP contribution in [0.4, 0.5) is 0 Å². The standard InChI is InChI=1S/C14H25N3O/c1-2-16(9-5-11-18)12-13-8-10-17(15-13)14-6-3-4-7-14/h8,10,14,18H,2-7,9,11-12H2,1H3. The SMILES string of the molecule is CCN(CCCO)Cc1ccn(C2CCCC2)n1. The summed E-state index contributed by atoms with van der Waals surface area (Å²) in [5.74, 6) is 0. The van der Waals surface area contributed by atoms with Gasteiger partial charge in [-0.2, -0.15) is 5.10 Å². The monoisotopic (exact) mass is 251 g/mol. The molecule has 1 aliphatic rings. The lowest BCUT2D eigenvalue weighted by molar-refractivity contribution is 0.223. The molecule has 1 fully saturated rings. The summed E-state index contributed by atoms with van der Waals surface area (Å²) in [7, 11) is 0. The molecule has 0 atom stereocenters. The zero-order valence-electron chi connectivity index (χ0n) is 11.4. The van der Waals surface area contributed by atoms with Gasteiger partial charge in [0.1, 0.15) is 0 Å². The minimum Gasteiger partial charge on any atom is -0.396 e. The van der Waals surface area contributed by atoms with Crippen molar-refractivity contribution in [1.29, 1.82) is 0 Å². The Labute approximate surface area is 110 Å². The van der Waals surface area contributed by atoms with Gasteiger partial charge in [0.05, 0.1) is 11.7 Å². The summed E-state index contributed by atoms with van der Waals surface area (Å²) in [6.45, 7) is 5.29. The van der Waals surface area contributed by atoms with Crippen molar-refractivity contribution in [1.82, 2.24) is 14.7 Å². The van der Waals surface area contributed by atoms with Crippen LogP contribution in [0.2, 0.25) is 0 Å². The summed E-state index contributed by atoms with van der Waals surface area (Å²) in [4.78, 5) is 2.33. The average Bonchev–Trinajstić information content (AvgIpc) is 3.04. The Balaban J connectivity index is 1.88. The molecule has 1 saturated carbocycles. The van der Waals surface area contributed by atoms with Crippen LogP contribution in [0.1, 0.15) is 50.8 Å². The van der Waals surface area contributed by atoms with Gasteiger partial charge in [0, 0.05) is 25.9 Å². The fourth-order valence-corrected chi connectivity index (χ4v) is 2.71. The fraction of sp³-hybridized carbons (Fsp3) is 0.786. The lowest BCUT2D eigenvalue weighted by atomic mass is 10.3. The van der Waals surface area contributed by atoms with Crippen molar-refractivity contribution in [2.75, 3.05) is 19.7 Å². The third-order valence-corrected chi connectivity index (χ3v) is 3.83. The summed E-state index contributed by atoms with van der Waals surface area (Å²) in [5, 5.41) is 13.6. The van der Waals surface area contributed by atoms with Crippen LogP contribution in [-0.4, -0.2) is 39.5 Å². The van der Waals surface area contributed by atoms with E-state index in [4.69, 9.17) is 10.2 Å². The van der Waals surface area contributed by atoms with Crippen molar-refractivity contribution in [2.24, 2.45) is 0 Å². The first-order valence-electron chi connectivity index (χ1n) is 7.20. The molecular weight excluding hydrogens is 226 g/mol. The molecule has 0 bridgehead atoms. The molecule has 1 aromatic rings. The van der Waals surface area contributed by atoms with Gasteiger partial charge in [-0.3, -0.25) is 9.58 Å². The van der Waals surface area contributed by atoms with E-state index in [2.05, 4.69) is 28.8 Å². The summed E-state index contributed by atoms with van der Waals surface area (Å²) >= 11 is 0. The van der Waals surface area contributed by atoms with Crippen LogP contribution in [0, 0.1) is 0 Å². The second kappa shape index (κ2) is 6.90. The Morgan fingerprint density at radius 1 is 1.44 bits per heavy atom. The zero-order valence-corrected chi connectivity index (χ0v) is 11.4. The largest absolute Gasteiger partial charge is 0.396 e. The van der Waals surface area contributed by atoms with Gasteiger partial charge in [-0.15, -0.1) is 0 Å². The van der Waals surface area contributed by atoms with Crippen molar-refractivity contribution in [2.45, 2.75) is 51.6 Å². The van der Waals surface area contributed by atoms with Crippen LogP contribution in [-0.2, 0) is 6.54 Å². The first-order chi connectivity index (χ1) is 8.83. The van der Waals surface area contributed by atoms with Crippen LogP contribution in [0.25, 0.3) is 0 Å². The van der Waals surface area contributed by atoms with E-state index in [1.165, 1.54) is 25.7 Å². The topological polar surface area (TPSA) is 41.3 Å². The molecular formula is C14H25N3O. The second-order valence-corrected chi connectivity index (χ2v) is 5.17. The van der Waals surface area contributed by atoms with Crippen LogP contribution in [0.15, 0.2) is 12.3 Å². The highest BCUT2D eigenvalue weighted by Crippen LogP contribution is 2.28. The van der Waals surface area contributed by atoms with Crippen LogP contribution in [0.3, 0.4) is 0 Å². The summed E-state index contributed by atoms with van der Waals surface area (Å²) in [6, 6.07) is 2.77. The van der Waals surface area contributed by atoms with Gasteiger partial charge in [0.25, 0.3) is 0 Å². The molecule has 0 unspecified atom stereocenters. The molecule has 0 aliphatic heterocycles. The van der Waals surface area contributed by atoms with Gasteiger partial charge in [-0.1, -0.05) is 19.8 Å². The number of hydrogen-bond acceptors (Lipinski definition) is 3. The number of hydrogen-bond donors (Lipinski definition) is 1. The third-order valence-electron chi connectivity index (χ3n) is 3.83. The Morgan fingerprint density at radius 3 is 2.89 bits per heavy atom. The van der Waals surface area contributed by atoms with E-state index >= 15 is 0 Å². The highest BCUT2D eigenvalue weighted by atomic mass is 16.3. The van der Waals surface area contributed by atoms with E-state index in [9.17, 15) is 0 Å². The smallest absolute Gasteiger partial charge is 0.0764 e. The maximum absolute atomic E-state index is 8.88. The molecule has 1 N–H and O–H groups in total. The average molecular weight is 251 g/mol. The van der Waals surface area contributed by atoms with E-state index in [1.807, 2.05) is 0 Å². The molecule has 0 spiro atoms. The maximum Gasteiger partial charge on any atom is 0.0764 e. The zero-order chi connectivity index (χ0) is 12.8. The number of rotatable bonds is 7. The van der Waals surface area contributed by atoms with Crippen LogP contribution in [0.5, 0.6) is 0 Å². The van der Waals surface area contributed by atoms with Gasteiger partial charge in [0.2, 0.25) is 0 Å². The first kappa shape index (κ1) is 13.6. The quantitative estimate of drug-likeness (QED) is 0.807. The molecule has 1 heterocycles. The molecule has 4 nitrogen and oxygen atoms in total. The van der Waals surface area contributed by atoms with Crippen molar-refractivity contribution >= 4 is 0 Å². The van der Waals surface area contributed by atoms with Gasteiger partial charge >= 0.3 is 0 Å². The van der Waals surface area contributed by atoms with E-state index < -0.39 is 0 Å². The Morgan fingerprint density at radius 2 is 2.22 bits per heavy atom. The summed E-state index contributed by atoms with van der Waals surface area (Å²) < 4.78 is 2.15. The molecule has 18 heavy (non-hydrogen) atoms. The molecule has 0 aromatic carbocycles. The first-order valence-corrected chi connectivity index (χ1v) is 7.20. The highest BCUT2D eigenvalue weighted by Gasteiger charge is 2.17. The fourth-order valence-electron chi connectivity index (χ4n) is 2.71. The number of aliphatic hydroxyl groups is 1. The molecule has 2 rings (SSSR count). The van der Waals surface area contributed by atoms with Crippen LogP contribution < -0.4 is 0 Å². The maximum atomic E-state index is 8.88. The number of aliphatic hydroxyl groups excluding tert-OH is 1. The van der Waals surface area contributed by atoms with E-state index in [0.717, 1.165) is 31.7 Å². The van der Waals surface area contributed by atoms with E-state index in [-0.39, 0.29) is 6.61 Å². The second-order valence-electron chi connectivity index (χ2n) is 5.17. The minimum atomic E-state index is 0.271.